The average Bonchev–Trinajstić information content (AvgIpc) is 3.71. The number of aromatic nitrogens is 1. The third-order valence-corrected chi connectivity index (χ3v) is 9.77. The van der Waals surface area contributed by atoms with Crippen LogP contribution in [0.4, 0.5) is 0 Å². The molecule has 0 atom stereocenters. The van der Waals surface area contributed by atoms with Crippen LogP contribution in [0, 0.1) is 0 Å². The molecule has 7 nitrogen and oxygen atoms in total. The molecule has 3 heterocycles. The predicted octanol–water partition coefficient (Wildman–Crippen LogP) is 4.10. The van der Waals surface area contributed by atoms with Gasteiger partial charge in [-0.1, -0.05) is 35.9 Å². The fourth-order valence-corrected chi connectivity index (χ4v) is 7.13. The van der Waals surface area contributed by atoms with Crippen LogP contribution < -0.4 is 0 Å². The highest BCUT2D eigenvalue weighted by atomic mass is 35.5. The van der Waals surface area contributed by atoms with E-state index in [2.05, 4.69) is 4.98 Å². The molecule has 35 heavy (non-hydrogen) atoms. The van der Waals surface area contributed by atoms with E-state index < -0.39 is 15.6 Å². The number of fused-ring (bicyclic) bond motifs is 1. The molecule has 1 aliphatic carbocycles. The molecule has 1 aromatic heterocycles. The van der Waals surface area contributed by atoms with Crippen LogP contribution in [-0.2, 0) is 19.6 Å². The Hall–Kier alpha value is -2.52. The van der Waals surface area contributed by atoms with Crippen molar-refractivity contribution in [3.05, 3.63) is 59.8 Å². The lowest BCUT2D eigenvalue weighted by Crippen LogP contribution is -2.59. The number of rotatable bonds is 4. The molecular weight excluding hydrogens is 486 g/mol. The van der Waals surface area contributed by atoms with Crippen LogP contribution in [0.25, 0.3) is 22.0 Å². The zero-order valence-corrected chi connectivity index (χ0v) is 20.8. The SMILES string of the molecule is O=C1COC2(CCN(S(=O)(=O)c3ccc(-c4ccc5cccnc5c4)cc3Cl)CC2)CN1C1CC1. The van der Waals surface area contributed by atoms with Gasteiger partial charge in [0.15, 0.2) is 0 Å². The first-order valence-electron chi connectivity index (χ1n) is 11.9. The summed E-state index contributed by atoms with van der Waals surface area (Å²) in [7, 11) is -3.76. The van der Waals surface area contributed by atoms with Crippen molar-refractivity contribution in [1.29, 1.82) is 0 Å². The van der Waals surface area contributed by atoms with E-state index >= 15 is 0 Å². The van der Waals surface area contributed by atoms with E-state index in [-0.39, 0.29) is 22.4 Å². The van der Waals surface area contributed by atoms with Crippen LogP contribution in [0.5, 0.6) is 0 Å². The van der Waals surface area contributed by atoms with Crippen molar-refractivity contribution in [3.8, 4) is 11.1 Å². The fourth-order valence-electron chi connectivity index (χ4n) is 5.17. The van der Waals surface area contributed by atoms with Gasteiger partial charge in [-0.15, -0.1) is 0 Å². The number of pyridine rings is 1. The predicted molar refractivity (Wildman–Crippen MR) is 134 cm³/mol. The number of nitrogens with zero attached hydrogens (tertiary/aromatic N) is 3. The Balaban J connectivity index is 1.20. The first-order valence-corrected chi connectivity index (χ1v) is 13.7. The van der Waals surface area contributed by atoms with Gasteiger partial charge in [0, 0.05) is 30.7 Å². The molecule has 9 heteroatoms. The molecule has 182 valence electrons. The van der Waals surface area contributed by atoms with Crippen LogP contribution in [0.15, 0.2) is 59.6 Å². The summed E-state index contributed by atoms with van der Waals surface area (Å²) in [6, 6.07) is 15.2. The largest absolute Gasteiger partial charge is 0.363 e. The van der Waals surface area contributed by atoms with Crippen LogP contribution in [0.2, 0.25) is 5.02 Å². The van der Waals surface area contributed by atoms with Crippen molar-refractivity contribution in [2.24, 2.45) is 0 Å². The Bertz CT molecular complexity index is 1420. The Kier molecular flexibility index (Phi) is 5.60. The molecule has 1 spiro atoms. The monoisotopic (exact) mass is 511 g/mol. The summed E-state index contributed by atoms with van der Waals surface area (Å²) in [5, 5.41) is 1.24. The summed E-state index contributed by atoms with van der Waals surface area (Å²) in [5.41, 5.74) is 2.16. The number of morpholine rings is 1. The molecule has 1 saturated carbocycles. The number of ether oxygens (including phenoxy) is 1. The van der Waals surface area contributed by atoms with Crippen molar-refractivity contribution in [1.82, 2.24) is 14.2 Å². The Morgan fingerprint density at radius 3 is 2.51 bits per heavy atom. The van der Waals surface area contributed by atoms with Crippen molar-refractivity contribution in [2.75, 3.05) is 26.2 Å². The highest BCUT2D eigenvalue weighted by molar-refractivity contribution is 7.89. The fraction of sp³-hybridized carbons (Fsp3) is 0.385. The summed E-state index contributed by atoms with van der Waals surface area (Å²) in [6.45, 7) is 1.31. The number of piperidine rings is 1. The Labute approximate surface area is 209 Å². The molecular formula is C26H26ClN3O4S. The summed E-state index contributed by atoms with van der Waals surface area (Å²) < 4.78 is 34.4. The second-order valence-corrected chi connectivity index (χ2v) is 12.0. The van der Waals surface area contributed by atoms with Crippen molar-refractivity contribution in [2.45, 2.75) is 42.2 Å². The number of hydrogen-bond donors (Lipinski definition) is 0. The van der Waals surface area contributed by atoms with Crippen LogP contribution >= 0.6 is 11.6 Å². The Morgan fingerprint density at radius 2 is 1.77 bits per heavy atom. The molecule has 0 unspecified atom stereocenters. The van der Waals surface area contributed by atoms with Crippen LogP contribution in [-0.4, -0.2) is 66.4 Å². The molecule has 3 fully saturated rings. The smallest absolute Gasteiger partial charge is 0.248 e. The van der Waals surface area contributed by atoms with E-state index in [4.69, 9.17) is 16.3 Å². The van der Waals surface area contributed by atoms with Gasteiger partial charge in [-0.3, -0.25) is 9.78 Å². The van der Waals surface area contributed by atoms with Crippen molar-refractivity contribution < 1.29 is 17.9 Å². The molecule has 0 N–H and O–H groups in total. The number of carbonyl (C=O) groups is 1. The summed E-state index contributed by atoms with van der Waals surface area (Å²) in [6.07, 6.45) is 4.96. The normalized spacial score (nSPS) is 21.1. The lowest BCUT2D eigenvalue weighted by molar-refractivity contribution is -0.170. The minimum absolute atomic E-state index is 0.0437. The van der Waals surface area contributed by atoms with Gasteiger partial charge in [0.25, 0.3) is 0 Å². The standard InChI is InChI=1S/C26H26ClN3O4S/c27-22-14-19(20-4-3-18-2-1-11-28-23(18)15-20)5-8-24(22)35(32,33)29-12-9-26(10-13-29)17-30(21-6-7-21)25(31)16-34-26/h1-5,8,11,14-15,21H,6-7,9-10,12-13,16-17H2. The van der Waals surface area contributed by atoms with Gasteiger partial charge in [0.2, 0.25) is 15.9 Å². The lowest BCUT2D eigenvalue weighted by Gasteiger charge is -2.46. The third kappa shape index (κ3) is 4.22. The minimum atomic E-state index is -3.76. The van der Waals surface area contributed by atoms with Crippen LogP contribution in [0.3, 0.4) is 0 Å². The van der Waals surface area contributed by atoms with E-state index in [1.54, 1.807) is 24.4 Å². The Morgan fingerprint density at radius 1 is 1.03 bits per heavy atom. The summed E-state index contributed by atoms with van der Waals surface area (Å²) in [4.78, 5) is 18.7. The number of halogens is 1. The zero-order valence-electron chi connectivity index (χ0n) is 19.2. The second kappa shape index (κ2) is 8.55. The van der Waals surface area contributed by atoms with Gasteiger partial charge < -0.3 is 9.64 Å². The van der Waals surface area contributed by atoms with Crippen molar-refractivity contribution in [3.63, 3.8) is 0 Å². The molecule has 2 saturated heterocycles. The van der Waals surface area contributed by atoms with E-state index in [9.17, 15) is 13.2 Å². The third-order valence-electron chi connectivity index (χ3n) is 7.39. The highest BCUT2D eigenvalue weighted by Gasteiger charge is 2.47. The van der Waals surface area contributed by atoms with E-state index in [0.29, 0.717) is 38.5 Å². The maximum Gasteiger partial charge on any atom is 0.248 e. The number of hydrogen-bond acceptors (Lipinski definition) is 5. The van der Waals surface area contributed by atoms with Gasteiger partial charge in [0.1, 0.15) is 11.5 Å². The van der Waals surface area contributed by atoms with E-state index in [0.717, 1.165) is 34.9 Å². The zero-order chi connectivity index (χ0) is 24.2. The molecule has 0 radical (unpaired) electrons. The summed E-state index contributed by atoms with van der Waals surface area (Å²) in [5.74, 6) is 0.0437. The average molecular weight is 512 g/mol. The van der Waals surface area contributed by atoms with Gasteiger partial charge >= 0.3 is 0 Å². The first-order chi connectivity index (χ1) is 16.8. The van der Waals surface area contributed by atoms with Gasteiger partial charge in [0.05, 0.1) is 22.7 Å². The molecule has 3 aliphatic rings. The van der Waals surface area contributed by atoms with E-state index in [1.165, 1.54) is 4.31 Å². The number of amides is 1. The van der Waals surface area contributed by atoms with E-state index in [1.807, 2.05) is 35.2 Å². The maximum absolute atomic E-state index is 13.5. The number of carbonyl (C=O) groups excluding carboxylic acids is 1. The molecule has 1 amide bonds. The quantitative estimate of drug-likeness (QED) is 0.527. The highest BCUT2D eigenvalue weighted by Crippen LogP contribution is 2.38. The number of benzene rings is 2. The summed E-state index contributed by atoms with van der Waals surface area (Å²) >= 11 is 6.53. The van der Waals surface area contributed by atoms with Gasteiger partial charge in [-0.05, 0) is 61.1 Å². The molecule has 2 aromatic carbocycles. The maximum atomic E-state index is 13.5. The molecule has 0 bridgehead atoms. The van der Waals surface area contributed by atoms with Gasteiger partial charge in [-0.25, -0.2) is 8.42 Å². The lowest BCUT2D eigenvalue weighted by atomic mass is 9.90. The topological polar surface area (TPSA) is 79.8 Å². The molecule has 2 aliphatic heterocycles. The first kappa shape index (κ1) is 22.9. The molecule has 3 aromatic rings. The minimum Gasteiger partial charge on any atom is -0.363 e. The molecule has 6 rings (SSSR count). The second-order valence-electron chi connectivity index (χ2n) is 9.68. The van der Waals surface area contributed by atoms with Gasteiger partial charge in [-0.2, -0.15) is 4.31 Å². The number of sulfonamides is 1. The van der Waals surface area contributed by atoms with Crippen LogP contribution in [0.1, 0.15) is 25.7 Å². The van der Waals surface area contributed by atoms with Crippen molar-refractivity contribution >= 4 is 38.4 Å².